The molecule has 1 aromatic rings. The SMILES string of the molecule is CNCCc1ccccc1C(=O)N(C)CCC(F)(F)F. The van der Waals surface area contributed by atoms with E-state index < -0.39 is 12.6 Å². The molecule has 20 heavy (non-hydrogen) atoms. The van der Waals surface area contributed by atoms with E-state index in [0.29, 0.717) is 18.5 Å². The first-order valence-electron chi connectivity index (χ1n) is 6.40. The molecule has 0 aliphatic heterocycles. The third-order valence-electron chi connectivity index (χ3n) is 2.97. The topological polar surface area (TPSA) is 32.3 Å². The maximum absolute atomic E-state index is 12.2. The minimum atomic E-state index is -4.25. The molecule has 1 aromatic carbocycles. The lowest BCUT2D eigenvalue weighted by Crippen LogP contribution is -2.31. The quantitative estimate of drug-likeness (QED) is 0.872. The first-order chi connectivity index (χ1) is 9.35. The number of likely N-dealkylation sites (N-methyl/N-ethyl adjacent to an activating group) is 1. The lowest BCUT2D eigenvalue weighted by atomic mass is 10.0. The summed E-state index contributed by atoms with van der Waals surface area (Å²) in [6, 6.07) is 7.00. The molecule has 0 radical (unpaired) electrons. The van der Waals surface area contributed by atoms with Crippen molar-refractivity contribution in [1.29, 1.82) is 0 Å². The van der Waals surface area contributed by atoms with Crippen LogP contribution >= 0.6 is 0 Å². The predicted molar refractivity (Wildman–Crippen MR) is 71.7 cm³/mol. The summed E-state index contributed by atoms with van der Waals surface area (Å²) in [7, 11) is 3.20. The van der Waals surface area contributed by atoms with Crippen molar-refractivity contribution in [2.24, 2.45) is 0 Å². The molecule has 0 fully saturated rings. The van der Waals surface area contributed by atoms with Crippen molar-refractivity contribution in [3.8, 4) is 0 Å². The fourth-order valence-corrected chi connectivity index (χ4v) is 1.81. The molecule has 6 heteroatoms. The number of carbonyl (C=O) groups is 1. The van der Waals surface area contributed by atoms with E-state index in [2.05, 4.69) is 5.32 Å². The van der Waals surface area contributed by atoms with Gasteiger partial charge in [0.15, 0.2) is 0 Å². The minimum absolute atomic E-state index is 0.331. The van der Waals surface area contributed by atoms with Gasteiger partial charge in [0.2, 0.25) is 0 Å². The Labute approximate surface area is 116 Å². The highest BCUT2D eigenvalue weighted by Crippen LogP contribution is 2.20. The second kappa shape index (κ2) is 7.28. The molecule has 0 heterocycles. The van der Waals surface area contributed by atoms with E-state index in [1.807, 2.05) is 12.1 Å². The van der Waals surface area contributed by atoms with E-state index in [-0.39, 0.29) is 12.5 Å². The lowest BCUT2D eigenvalue weighted by molar-refractivity contribution is -0.136. The fraction of sp³-hybridized carbons (Fsp3) is 0.500. The Kier molecular flexibility index (Phi) is 6.01. The molecule has 0 saturated carbocycles. The summed E-state index contributed by atoms with van der Waals surface area (Å²) in [6.07, 6.45) is -4.58. The Bertz CT molecular complexity index is 446. The zero-order chi connectivity index (χ0) is 15.2. The van der Waals surface area contributed by atoms with Gasteiger partial charge in [-0.25, -0.2) is 0 Å². The Morgan fingerprint density at radius 3 is 2.55 bits per heavy atom. The Hall–Kier alpha value is -1.56. The van der Waals surface area contributed by atoms with Crippen LogP contribution in [0, 0.1) is 0 Å². The maximum Gasteiger partial charge on any atom is 0.390 e. The number of halogens is 3. The van der Waals surface area contributed by atoms with Gasteiger partial charge in [0.1, 0.15) is 0 Å². The van der Waals surface area contributed by atoms with Crippen LogP contribution in [0.15, 0.2) is 24.3 Å². The molecule has 1 N–H and O–H groups in total. The van der Waals surface area contributed by atoms with Crippen LogP contribution in [0.1, 0.15) is 22.3 Å². The molecule has 0 saturated heterocycles. The lowest BCUT2D eigenvalue weighted by Gasteiger charge is -2.19. The molecule has 1 rings (SSSR count). The molecule has 0 aliphatic carbocycles. The van der Waals surface area contributed by atoms with Crippen LogP contribution in [-0.2, 0) is 6.42 Å². The average molecular weight is 288 g/mol. The van der Waals surface area contributed by atoms with Gasteiger partial charge in [-0.3, -0.25) is 4.79 Å². The van der Waals surface area contributed by atoms with E-state index in [9.17, 15) is 18.0 Å². The maximum atomic E-state index is 12.2. The smallest absolute Gasteiger partial charge is 0.341 e. The van der Waals surface area contributed by atoms with Crippen molar-refractivity contribution >= 4 is 5.91 Å². The fourth-order valence-electron chi connectivity index (χ4n) is 1.81. The molecule has 0 aromatic heterocycles. The number of hydrogen-bond acceptors (Lipinski definition) is 2. The number of nitrogens with one attached hydrogen (secondary N) is 1. The third kappa shape index (κ3) is 5.21. The van der Waals surface area contributed by atoms with Crippen LogP contribution in [0.2, 0.25) is 0 Å². The van der Waals surface area contributed by atoms with Crippen molar-refractivity contribution in [1.82, 2.24) is 10.2 Å². The molecular formula is C14H19F3N2O. The molecular weight excluding hydrogens is 269 g/mol. The molecule has 1 amide bonds. The summed E-state index contributed by atoms with van der Waals surface area (Å²) in [4.78, 5) is 13.3. The molecule has 0 spiro atoms. The van der Waals surface area contributed by atoms with Crippen molar-refractivity contribution in [3.05, 3.63) is 35.4 Å². The van der Waals surface area contributed by atoms with E-state index in [0.717, 1.165) is 10.5 Å². The first kappa shape index (κ1) is 16.5. The van der Waals surface area contributed by atoms with Crippen LogP contribution < -0.4 is 5.32 Å². The number of carbonyl (C=O) groups excluding carboxylic acids is 1. The zero-order valence-corrected chi connectivity index (χ0v) is 11.6. The second-order valence-electron chi connectivity index (χ2n) is 4.60. The first-order valence-corrected chi connectivity index (χ1v) is 6.40. The zero-order valence-electron chi connectivity index (χ0n) is 11.6. The van der Waals surface area contributed by atoms with Crippen molar-refractivity contribution in [2.45, 2.75) is 19.0 Å². The monoisotopic (exact) mass is 288 g/mol. The number of nitrogens with zero attached hydrogens (tertiary/aromatic N) is 1. The Morgan fingerprint density at radius 1 is 1.30 bits per heavy atom. The molecule has 3 nitrogen and oxygen atoms in total. The molecule has 0 aliphatic rings. The summed E-state index contributed by atoms with van der Waals surface area (Å²) in [5.41, 5.74) is 1.30. The molecule has 0 bridgehead atoms. The van der Waals surface area contributed by atoms with Crippen LogP contribution in [0.5, 0.6) is 0 Å². The summed E-state index contributed by atoms with van der Waals surface area (Å²) in [6.45, 7) is 0.374. The van der Waals surface area contributed by atoms with Crippen molar-refractivity contribution < 1.29 is 18.0 Å². The average Bonchev–Trinajstić information content (AvgIpc) is 2.41. The van der Waals surface area contributed by atoms with E-state index in [4.69, 9.17) is 0 Å². The minimum Gasteiger partial charge on any atom is -0.341 e. The summed E-state index contributed by atoms with van der Waals surface area (Å²) in [5.74, 6) is -0.374. The van der Waals surface area contributed by atoms with Crippen molar-refractivity contribution in [3.63, 3.8) is 0 Å². The Balaban J connectivity index is 2.75. The van der Waals surface area contributed by atoms with Crippen LogP contribution in [0.4, 0.5) is 13.2 Å². The third-order valence-corrected chi connectivity index (χ3v) is 2.97. The second-order valence-corrected chi connectivity index (χ2v) is 4.60. The van der Waals surface area contributed by atoms with Gasteiger partial charge in [0.25, 0.3) is 5.91 Å². The van der Waals surface area contributed by atoms with Gasteiger partial charge in [0, 0.05) is 19.2 Å². The van der Waals surface area contributed by atoms with E-state index in [1.165, 1.54) is 7.05 Å². The van der Waals surface area contributed by atoms with Gasteiger partial charge in [-0.05, 0) is 31.6 Å². The largest absolute Gasteiger partial charge is 0.390 e. The van der Waals surface area contributed by atoms with Crippen LogP contribution in [-0.4, -0.2) is 44.2 Å². The number of alkyl halides is 3. The van der Waals surface area contributed by atoms with Gasteiger partial charge in [-0.1, -0.05) is 18.2 Å². The van der Waals surface area contributed by atoms with E-state index >= 15 is 0 Å². The number of hydrogen-bond donors (Lipinski definition) is 1. The standard InChI is InChI=1S/C14H19F3N2O/c1-18-9-7-11-5-3-4-6-12(11)13(20)19(2)10-8-14(15,16)17/h3-6,18H,7-10H2,1-2H3. The highest BCUT2D eigenvalue weighted by Gasteiger charge is 2.28. The highest BCUT2D eigenvalue weighted by molar-refractivity contribution is 5.95. The van der Waals surface area contributed by atoms with Gasteiger partial charge >= 0.3 is 6.18 Å². The van der Waals surface area contributed by atoms with Gasteiger partial charge < -0.3 is 10.2 Å². The molecule has 0 atom stereocenters. The van der Waals surface area contributed by atoms with Crippen LogP contribution in [0.25, 0.3) is 0 Å². The van der Waals surface area contributed by atoms with Crippen molar-refractivity contribution in [2.75, 3.05) is 27.2 Å². The molecule has 112 valence electrons. The number of rotatable bonds is 6. The highest BCUT2D eigenvalue weighted by atomic mass is 19.4. The summed E-state index contributed by atoms with van der Waals surface area (Å²) in [5, 5.41) is 2.98. The molecule has 0 unspecified atom stereocenters. The number of benzene rings is 1. The van der Waals surface area contributed by atoms with Gasteiger partial charge in [-0.2, -0.15) is 13.2 Å². The van der Waals surface area contributed by atoms with E-state index in [1.54, 1.807) is 19.2 Å². The normalized spacial score (nSPS) is 11.4. The Morgan fingerprint density at radius 2 is 1.95 bits per heavy atom. The summed E-state index contributed by atoms with van der Waals surface area (Å²) >= 11 is 0. The summed E-state index contributed by atoms with van der Waals surface area (Å²) < 4.78 is 36.5. The predicted octanol–water partition coefficient (Wildman–Crippen LogP) is 2.47. The number of amides is 1. The van der Waals surface area contributed by atoms with Gasteiger partial charge in [-0.15, -0.1) is 0 Å². The van der Waals surface area contributed by atoms with Gasteiger partial charge in [0.05, 0.1) is 6.42 Å². The van der Waals surface area contributed by atoms with Crippen LogP contribution in [0.3, 0.4) is 0 Å².